The molecule has 0 aromatic heterocycles. The molecule has 0 aliphatic heterocycles. The maximum absolute atomic E-state index is 4.69. The zero-order valence-corrected chi connectivity index (χ0v) is 13.4. The summed E-state index contributed by atoms with van der Waals surface area (Å²) in [5.74, 6) is 0.551. The molecule has 0 saturated heterocycles. The van der Waals surface area contributed by atoms with Gasteiger partial charge >= 0.3 is 0 Å². The summed E-state index contributed by atoms with van der Waals surface area (Å²) in [6.07, 6.45) is 2.13. The van der Waals surface area contributed by atoms with Crippen molar-refractivity contribution in [3.63, 3.8) is 0 Å². The number of fused-ring (bicyclic) bond motifs is 1. The molecular weight excluding hydrogens is 256 g/mol. The Bertz CT molecular complexity index is 556. The Morgan fingerprint density at radius 3 is 2.39 bits per heavy atom. The zero-order chi connectivity index (χ0) is 13.4. The topological polar surface area (TPSA) is 0 Å². The zero-order valence-electron chi connectivity index (χ0n) is 11.7. The van der Waals surface area contributed by atoms with E-state index in [2.05, 4.69) is 64.8 Å². The van der Waals surface area contributed by atoms with Gasteiger partial charge in [0.25, 0.3) is 0 Å². The van der Waals surface area contributed by atoms with E-state index in [1.165, 1.54) is 32.7 Å². The van der Waals surface area contributed by atoms with Gasteiger partial charge in [-0.3, -0.25) is 0 Å². The molecule has 0 nitrogen and oxygen atoms in total. The molecule has 96 valence electrons. The van der Waals surface area contributed by atoms with E-state index in [-0.39, 0.29) is 0 Å². The van der Waals surface area contributed by atoms with Crippen LogP contribution in [0.4, 0.5) is 0 Å². The minimum absolute atomic E-state index is 0.551. The fraction of sp³-hybridized carbons (Fsp3) is 0.375. The highest BCUT2D eigenvalue weighted by Gasteiger charge is 2.20. The average Bonchev–Trinajstić information content (AvgIpc) is 2.48. The van der Waals surface area contributed by atoms with Crippen molar-refractivity contribution in [2.45, 2.75) is 43.4 Å². The molecule has 0 amide bonds. The number of hydrogen-bond acceptors (Lipinski definition) is 2. The second-order valence-corrected chi connectivity index (χ2v) is 6.37. The van der Waals surface area contributed by atoms with Gasteiger partial charge in [-0.15, -0.1) is 24.4 Å². The van der Waals surface area contributed by atoms with Gasteiger partial charge in [0, 0.05) is 9.79 Å². The second-order valence-electron chi connectivity index (χ2n) is 5.11. The highest BCUT2D eigenvalue weighted by atomic mass is 32.2. The van der Waals surface area contributed by atoms with Gasteiger partial charge in [0.2, 0.25) is 0 Å². The van der Waals surface area contributed by atoms with Crippen molar-refractivity contribution >= 4 is 24.4 Å². The molecular formula is C16H20S2. The van der Waals surface area contributed by atoms with Crippen LogP contribution in [0.5, 0.6) is 0 Å². The number of thioether (sulfide) groups is 1. The lowest BCUT2D eigenvalue weighted by Gasteiger charge is -2.04. The minimum atomic E-state index is 0.551. The van der Waals surface area contributed by atoms with Crippen LogP contribution in [0.3, 0.4) is 0 Å². The fourth-order valence-electron chi connectivity index (χ4n) is 2.38. The van der Waals surface area contributed by atoms with Gasteiger partial charge in [-0.2, -0.15) is 0 Å². The summed E-state index contributed by atoms with van der Waals surface area (Å²) in [6, 6.07) is 6.83. The Morgan fingerprint density at radius 1 is 1.17 bits per heavy atom. The van der Waals surface area contributed by atoms with E-state index in [1.54, 1.807) is 11.8 Å². The van der Waals surface area contributed by atoms with Crippen LogP contribution in [0.2, 0.25) is 0 Å². The molecule has 2 aliphatic rings. The average molecular weight is 276 g/mol. The number of hydrogen-bond donors (Lipinski definition) is 1. The first-order valence-corrected chi connectivity index (χ1v) is 7.94. The summed E-state index contributed by atoms with van der Waals surface area (Å²) in [7, 11) is 0. The Morgan fingerprint density at radius 2 is 1.83 bits per heavy atom. The fourth-order valence-corrected chi connectivity index (χ4v) is 3.70. The Balaban J connectivity index is 2.83. The van der Waals surface area contributed by atoms with Crippen LogP contribution in [0.1, 0.15) is 36.5 Å². The highest BCUT2D eigenvalue weighted by molar-refractivity contribution is 7.99. The standard InChI is InChI=1S/C16H20S2/c1-9(2)12-7-6-10(3)14-13(8-12)11(4)15(17)16(14)18-5/h6-9,17H,1-5H3. The summed E-state index contributed by atoms with van der Waals surface area (Å²) in [5.41, 5.74) is 6.76. The van der Waals surface area contributed by atoms with Crippen molar-refractivity contribution in [2.75, 3.05) is 6.26 Å². The molecule has 0 atom stereocenters. The summed E-state index contributed by atoms with van der Waals surface area (Å²) >= 11 is 6.48. The van der Waals surface area contributed by atoms with E-state index in [0.717, 1.165) is 4.90 Å². The summed E-state index contributed by atoms with van der Waals surface area (Å²) < 4.78 is 0. The molecule has 2 heteroatoms. The molecule has 0 fully saturated rings. The van der Waals surface area contributed by atoms with Crippen LogP contribution in [0, 0.1) is 13.8 Å². The Hall–Kier alpha value is -0.600. The summed E-state index contributed by atoms with van der Waals surface area (Å²) in [6.45, 7) is 8.85. The highest BCUT2D eigenvalue weighted by Crippen LogP contribution is 2.45. The minimum Gasteiger partial charge on any atom is -0.142 e. The predicted octanol–water partition coefficient (Wildman–Crippen LogP) is 5.54. The SMILES string of the molecule is CSc1c(S)c(C)c2cc(C(C)C)ccc(C)c1-2. The van der Waals surface area contributed by atoms with Crippen molar-refractivity contribution in [2.24, 2.45) is 0 Å². The number of aryl methyl sites for hydroxylation is 1. The van der Waals surface area contributed by atoms with E-state index < -0.39 is 0 Å². The predicted molar refractivity (Wildman–Crippen MR) is 85.7 cm³/mol. The molecule has 18 heavy (non-hydrogen) atoms. The van der Waals surface area contributed by atoms with Crippen molar-refractivity contribution in [3.8, 4) is 11.1 Å². The third-order valence-corrected chi connectivity index (χ3v) is 5.10. The quantitative estimate of drug-likeness (QED) is 0.555. The van der Waals surface area contributed by atoms with Crippen LogP contribution in [0.25, 0.3) is 11.1 Å². The van der Waals surface area contributed by atoms with Gasteiger partial charge in [-0.05, 0) is 53.8 Å². The van der Waals surface area contributed by atoms with Crippen molar-refractivity contribution in [1.82, 2.24) is 0 Å². The molecule has 0 bridgehead atoms. The van der Waals surface area contributed by atoms with Gasteiger partial charge < -0.3 is 0 Å². The number of thiol groups is 1. The first-order valence-electron chi connectivity index (χ1n) is 6.27. The molecule has 0 aromatic carbocycles. The summed E-state index contributed by atoms with van der Waals surface area (Å²) in [4.78, 5) is 2.45. The van der Waals surface area contributed by atoms with Crippen LogP contribution in [-0.4, -0.2) is 6.26 Å². The van der Waals surface area contributed by atoms with Gasteiger partial charge in [0.15, 0.2) is 0 Å². The van der Waals surface area contributed by atoms with Crippen LogP contribution < -0.4 is 0 Å². The molecule has 0 saturated carbocycles. The summed E-state index contributed by atoms with van der Waals surface area (Å²) in [5, 5.41) is 0. The molecule has 2 rings (SSSR count). The lowest BCUT2D eigenvalue weighted by Crippen LogP contribution is -1.84. The van der Waals surface area contributed by atoms with E-state index >= 15 is 0 Å². The number of rotatable bonds is 2. The first-order chi connectivity index (χ1) is 8.47. The van der Waals surface area contributed by atoms with Crippen LogP contribution in [0.15, 0.2) is 28.0 Å². The normalized spacial score (nSPS) is 11.5. The molecule has 0 unspecified atom stereocenters. The second kappa shape index (κ2) is 5.18. The lowest BCUT2D eigenvalue weighted by molar-refractivity contribution is 0.868. The van der Waals surface area contributed by atoms with E-state index in [0.29, 0.717) is 5.92 Å². The molecule has 0 N–H and O–H groups in total. The molecule has 2 aliphatic carbocycles. The van der Waals surface area contributed by atoms with Gasteiger partial charge in [0.05, 0.1) is 0 Å². The molecule has 0 aromatic rings. The molecule has 0 heterocycles. The third-order valence-electron chi connectivity index (χ3n) is 3.57. The Kier molecular flexibility index (Phi) is 3.98. The van der Waals surface area contributed by atoms with Gasteiger partial charge in [-0.1, -0.05) is 32.0 Å². The van der Waals surface area contributed by atoms with E-state index in [4.69, 9.17) is 0 Å². The van der Waals surface area contributed by atoms with E-state index in [9.17, 15) is 0 Å². The maximum Gasteiger partial charge on any atom is 0.0287 e. The lowest BCUT2D eigenvalue weighted by atomic mass is 10.0. The smallest absolute Gasteiger partial charge is 0.0287 e. The van der Waals surface area contributed by atoms with E-state index in [1.807, 2.05) is 0 Å². The van der Waals surface area contributed by atoms with Crippen molar-refractivity contribution < 1.29 is 0 Å². The first kappa shape index (κ1) is 13.8. The van der Waals surface area contributed by atoms with Crippen molar-refractivity contribution in [1.29, 1.82) is 0 Å². The largest absolute Gasteiger partial charge is 0.142 e. The molecule has 0 spiro atoms. The Labute approximate surface area is 120 Å². The molecule has 0 radical (unpaired) electrons. The third kappa shape index (κ3) is 2.17. The monoisotopic (exact) mass is 276 g/mol. The van der Waals surface area contributed by atoms with Crippen molar-refractivity contribution in [3.05, 3.63) is 34.9 Å². The van der Waals surface area contributed by atoms with Gasteiger partial charge in [-0.25, -0.2) is 0 Å². The van der Waals surface area contributed by atoms with Crippen LogP contribution in [-0.2, 0) is 0 Å². The van der Waals surface area contributed by atoms with Gasteiger partial charge in [0.1, 0.15) is 0 Å². The maximum atomic E-state index is 4.69. The van der Waals surface area contributed by atoms with Crippen LogP contribution >= 0.6 is 24.4 Å².